The lowest BCUT2D eigenvalue weighted by Gasteiger charge is -2.21. The first kappa shape index (κ1) is 90.5. The van der Waals surface area contributed by atoms with E-state index in [1.807, 2.05) is 0 Å². The standard InChI is InChI=1S/C74H140O17P2/c1-6-10-13-16-19-22-24-26-28-29-30-31-32-34-36-38-40-43-49-54-59-73(78)90-69(63-85-72(77)58-53-48-42-39-37-35-33-27-25-23-20-17-14-11-7-2)65-88-92(80,81)86-61-68(75)62-87-93(82,83)89-66-70(64-84-71(76)57-52-47-41-21-18-15-12-8-3)91-74(79)60-55-50-45-44-46-51-56-67(5)9-4/h23,25,27,33,67-70,75H,6-22,24,26,28-32,34-66H2,1-5H3,(H,80,81)(H,82,83)/b25-23-,33-27-/t67?,68-,69-,70-/m1/s1. The van der Waals surface area contributed by atoms with Gasteiger partial charge < -0.3 is 33.8 Å². The Morgan fingerprint density at radius 2 is 0.602 bits per heavy atom. The molecule has 0 aliphatic carbocycles. The minimum atomic E-state index is -4.96. The zero-order valence-electron chi connectivity index (χ0n) is 59.9. The fourth-order valence-corrected chi connectivity index (χ4v) is 12.4. The Morgan fingerprint density at radius 1 is 0.344 bits per heavy atom. The van der Waals surface area contributed by atoms with Gasteiger partial charge in [-0.15, -0.1) is 0 Å². The van der Waals surface area contributed by atoms with Crippen molar-refractivity contribution in [2.75, 3.05) is 39.6 Å². The van der Waals surface area contributed by atoms with Crippen LogP contribution < -0.4 is 0 Å². The molecule has 548 valence electrons. The minimum Gasteiger partial charge on any atom is -0.462 e. The summed E-state index contributed by atoms with van der Waals surface area (Å²) in [7, 11) is -9.91. The van der Waals surface area contributed by atoms with Gasteiger partial charge in [0.05, 0.1) is 26.4 Å². The Kier molecular flexibility index (Phi) is 65.0. The van der Waals surface area contributed by atoms with Gasteiger partial charge in [0.1, 0.15) is 19.3 Å². The molecule has 0 spiro atoms. The molecule has 6 atom stereocenters. The van der Waals surface area contributed by atoms with Crippen molar-refractivity contribution in [1.82, 2.24) is 0 Å². The molecule has 0 fully saturated rings. The number of allylic oxidation sites excluding steroid dienone is 4. The maximum Gasteiger partial charge on any atom is 0.472 e. The monoisotopic (exact) mass is 1360 g/mol. The summed E-state index contributed by atoms with van der Waals surface area (Å²) in [6.07, 6.45) is 57.9. The van der Waals surface area contributed by atoms with Crippen molar-refractivity contribution in [3.8, 4) is 0 Å². The summed E-state index contributed by atoms with van der Waals surface area (Å²) in [4.78, 5) is 72.5. The lowest BCUT2D eigenvalue weighted by molar-refractivity contribution is -0.161. The van der Waals surface area contributed by atoms with E-state index < -0.39 is 97.5 Å². The van der Waals surface area contributed by atoms with E-state index in [0.29, 0.717) is 25.7 Å². The number of carbonyl (C=O) groups is 4. The highest BCUT2D eigenvalue weighted by Gasteiger charge is 2.30. The van der Waals surface area contributed by atoms with Crippen LogP contribution in [-0.4, -0.2) is 96.7 Å². The van der Waals surface area contributed by atoms with Crippen LogP contribution in [0.3, 0.4) is 0 Å². The summed E-state index contributed by atoms with van der Waals surface area (Å²) in [5.74, 6) is -1.44. The maximum atomic E-state index is 13.1. The van der Waals surface area contributed by atoms with Crippen molar-refractivity contribution in [2.45, 2.75) is 380 Å². The first-order valence-electron chi connectivity index (χ1n) is 38.0. The second-order valence-electron chi connectivity index (χ2n) is 26.2. The minimum absolute atomic E-state index is 0.101. The molecule has 17 nitrogen and oxygen atoms in total. The van der Waals surface area contributed by atoms with E-state index in [2.05, 4.69) is 58.9 Å². The third kappa shape index (κ3) is 66.6. The molecule has 0 amide bonds. The first-order chi connectivity index (χ1) is 45.1. The molecule has 0 rings (SSSR count). The van der Waals surface area contributed by atoms with Crippen LogP contribution >= 0.6 is 15.6 Å². The third-order valence-electron chi connectivity index (χ3n) is 17.0. The number of ether oxygens (including phenoxy) is 4. The Bertz CT molecular complexity index is 1880. The molecule has 0 heterocycles. The number of phosphoric ester groups is 2. The van der Waals surface area contributed by atoms with E-state index in [4.69, 9.17) is 37.0 Å². The third-order valence-corrected chi connectivity index (χ3v) is 18.9. The van der Waals surface area contributed by atoms with Crippen LogP contribution in [0, 0.1) is 5.92 Å². The van der Waals surface area contributed by atoms with Gasteiger partial charge >= 0.3 is 39.5 Å². The van der Waals surface area contributed by atoms with Crippen molar-refractivity contribution < 1.29 is 80.2 Å². The zero-order chi connectivity index (χ0) is 68.4. The molecule has 0 aromatic rings. The summed E-state index contributed by atoms with van der Waals surface area (Å²) in [6.45, 7) is 7.12. The quantitative estimate of drug-likeness (QED) is 0.0169. The Labute approximate surface area is 567 Å². The van der Waals surface area contributed by atoms with Crippen molar-refractivity contribution in [2.24, 2.45) is 5.92 Å². The van der Waals surface area contributed by atoms with Crippen molar-refractivity contribution in [3.63, 3.8) is 0 Å². The number of aliphatic hydroxyl groups excluding tert-OH is 1. The lowest BCUT2D eigenvalue weighted by atomic mass is 10.00. The van der Waals surface area contributed by atoms with Crippen LogP contribution in [0.2, 0.25) is 0 Å². The number of phosphoric acid groups is 2. The van der Waals surface area contributed by atoms with Gasteiger partial charge in [-0.25, -0.2) is 9.13 Å². The molecular weight excluding hydrogens is 1220 g/mol. The Hall–Kier alpha value is -2.46. The van der Waals surface area contributed by atoms with Crippen LogP contribution in [-0.2, 0) is 65.4 Å². The molecule has 93 heavy (non-hydrogen) atoms. The summed E-state index contributed by atoms with van der Waals surface area (Å²) in [5, 5.41) is 10.6. The summed E-state index contributed by atoms with van der Waals surface area (Å²) in [6, 6.07) is 0. The van der Waals surface area contributed by atoms with Crippen LogP contribution in [0.5, 0.6) is 0 Å². The van der Waals surface area contributed by atoms with E-state index in [1.54, 1.807) is 0 Å². The summed E-state index contributed by atoms with van der Waals surface area (Å²) >= 11 is 0. The maximum absolute atomic E-state index is 13.1. The van der Waals surface area contributed by atoms with E-state index >= 15 is 0 Å². The number of esters is 4. The normalized spacial score (nSPS) is 14.5. The molecule has 0 aromatic heterocycles. The van der Waals surface area contributed by atoms with Crippen LogP contribution in [0.15, 0.2) is 24.3 Å². The average molecular weight is 1360 g/mol. The molecule has 3 N–H and O–H groups in total. The molecule has 0 radical (unpaired) electrons. The number of rotatable bonds is 72. The van der Waals surface area contributed by atoms with Crippen LogP contribution in [0.25, 0.3) is 0 Å². The van der Waals surface area contributed by atoms with Gasteiger partial charge in [-0.2, -0.15) is 0 Å². The molecule has 0 bridgehead atoms. The fourth-order valence-electron chi connectivity index (χ4n) is 10.8. The predicted molar refractivity (Wildman–Crippen MR) is 377 cm³/mol. The van der Waals surface area contributed by atoms with Gasteiger partial charge in [0, 0.05) is 25.7 Å². The molecule has 0 aromatic carbocycles. The summed E-state index contributed by atoms with van der Waals surface area (Å²) in [5.41, 5.74) is 0. The van der Waals surface area contributed by atoms with Gasteiger partial charge in [-0.3, -0.25) is 37.3 Å². The van der Waals surface area contributed by atoms with Crippen LogP contribution in [0.1, 0.15) is 362 Å². The topological polar surface area (TPSA) is 237 Å². The highest BCUT2D eigenvalue weighted by atomic mass is 31.2. The molecule has 0 saturated carbocycles. The molecular formula is C74H140O17P2. The molecule has 0 aliphatic heterocycles. The fraction of sp³-hybridized carbons (Fsp3) is 0.892. The molecule has 0 saturated heterocycles. The van der Waals surface area contributed by atoms with Crippen LogP contribution in [0.4, 0.5) is 0 Å². The van der Waals surface area contributed by atoms with Gasteiger partial charge in [-0.1, -0.05) is 309 Å². The highest BCUT2D eigenvalue weighted by molar-refractivity contribution is 7.47. The second kappa shape index (κ2) is 66.8. The SMILES string of the molecule is CCCCCC/C=C\C=C/CCCCCCCC(=O)OC[C@H](COP(=O)(O)OC[C@@H](O)COP(=O)(O)OC[C@@H](COC(=O)CCCCCCCCCC)OC(=O)CCCCCCCCC(C)CC)OC(=O)CCCCCCCCCCCCCCCCCCCCCC. The van der Waals surface area contributed by atoms with E-state index in [1.165, 1.54) is 161 Å². The van der Waals surface area contributed by atoms with Gasteiger partial charge in [0.15, 0.2) is 12.2 Å². The number of aliphatic hydroxyl groups is 1. The largest absolute Gasteiger partial charge is 0.472 e. The molecule has 3 unspecified atom stereocenters. The van der Waals surface area contributed by atoms with E-state index in [-0.39, 0.29) is 25.7 Å². The van der Waals surface area contributed by atoms with Gasteiger partial charge in [0.25, 0.3) is 0 Å². The van der Waals surface area contributed by atoms with E-state index in [9.17, 15) is 43.2 Å². The second-order valence-corrected chi connectivity index (χ2v) is 29.1. The predicted octanol–water partition coefficient (Wildman–Crippen LogP) is 21.2. The summed E-state index contributed by atoms with van der Waals surface area (Å²) < 4.78 is 68.3. The first-order valence-corrected chi connectivity index (χ1v) is 41.0. The molecule has 19 heteroatoms. The number of hydrogen-bond donors (Lipinski definition) is 3. The van der Waals surface area contributed by atoms with Crippen molar-refractivity contribution in [3.05, 3.63) is 24.3 Å². The molecule has 0 aliphatic rings. The average Bonchev–Trinajstić information content (AvgIpc) is 2.97. The van der Waals surface area contributed by atoms with Gasteiger partial charge in [-0.05, 0) is 57.3 Å². The Balaban J connectivity index is 5.22. The number of unbranched alkanes of at least 4 members (excludes halogenated alkanes) is 40. The van der Waals surface area contributed by atoms with Gasteiger partial charge in [0.2, 0.25) is 0 Å². The number of hydrogen-bond acceptors (Lipinski definition) is 15. The Morgan fingerprint density at radius 3 is 0.914 bits per heavy atom. The lowest BCUT2D eigenvalue weighted by Crippen LogP contribution is -2.30. The zero-order valence-corrected chi connectivity index (χ0v) is 61.7. The highest BCUT2D eigenvalue weighted by Crippen LogP contribution is 2.45. The number of carbonyl (C=O) groups excluding carboxylic acids is 4. The smallest absolute Gasteiger partial charge is 0.462 e. The van der Waals surface area contributed by atoms with Crippen molar-refractivity contribution >= 4 is 39.5 Å². The van der Waals surface area contributed by atoms with E-state index in [0.717, 1.165) is 121 Å². The van der Waals surface area contributed by atoms with Crippen molar-refractivity contribution in [1.29, 1.82) is 0 Å².